The standard InChI is InChI=1S/C11H9F2NOS/c1-6-9(2-3-15-6)16-10-5-7(12)4-8(13)11(10)14/h2-5H,14H2,1H3. The number of nitrogens with two attached hydrogens (primary N) is 1. The Bertz CT molecular complexity index is 525. The zero-order chi connectivity index (χ0) is 11.7. The van der Waals surface area contributed by atoms with E-state index >= 15 is 0 Å². The van der Waals surface area contributed by atoms with E-state index < -0.39 is 11.6 Å². The molecular formula is C11H9F2NOS. The van der Waals surface area contributed by atoms with Crippen LogP contribution >= 0.6 is 11.8 Å². The summed E-state index contributed by atoms with van der Waals surface area (Å²) < 4.78 is 31.3. The predicted octanol–water partition coefficient (Wildman–Crippen LogP) is 3.60. The minimum absolute atomic E-state index is 0.0491. The normalized spacial score (nSPS) is 10.7. The molecule has 0 unspecified atom stereocenters. The topological polar surface area (TPSA) is 39.2 Å². The van der Waals surface area contributed by atoms with Crippen LogP contribution in [0.2, 0.25) is 0 Å². The molecule has 0 saturated heterocycles. The Morgan fingerprint density at radius 3 is 2.62 bits per heavy atom. The van der Waals surface area contributed by atoms with Crippen molar-refractivity contribution in [3.63, 3.8) is 0 Å². The van der Waals surface area contributed by atoms with Crippen molar-refractivity contribution < 1.29 is 13.2 Å². The number of furan rings is 1. The monoisotopic (exact) mass is 241 g/mol. The van der Waals surface area contributed by atoms with Gasteiger partial charge < -0.3 is 10.2 Å². The Morgan fingerprint density at radius 1 is 1.25 bits per heavy atom. The lowest BCUT2D eigenvalue weighted by molar-refractivity contribution is 0.527. The van der Waals surface area contributed by atoms with E-state index in [2.05, 4.69) is 0 Å². The van der Waals surface area contributed by atoms with Crippen LogP contribution in [-0.4, -0.2) is 0 Å². The molecule has 2 rings (SSSR count). The highest BCUT2D eigenvalue weighted by molar-refractivity contribution is 7.99. The van der Waals surface area contributed by atoms with Gasteiger partial charge in [0.05, 0.1) is 16.8 Å². The second kappa shape index (κ2) is 4.17. The molecule has 0 aliphatic heterocycles. The van der Waals surface area contributed by atoms with Gasteiger partial charge in [-0.05, 0) is 19.1 Å². The summed E-state index contributed by atoms with van der Waals surface area (Å²) in [5.74, 6) is -0.701. The highest BCUT2D eigenvalue weighted by atomic mass is 32.2. The number of hydrogen-bond donors (Lipinski definition) is 1. The molecular weight excluding hydrogens is 232 g/mol. The van der Waals surface area contributed by atoms with E-state index in [1.54, 1.807) is 13.0 Å². The molecule has 2 nitrogen and oxygen atoms in total. The first kappa shape index (κ1) is 11.0. The lowest BCUT2D eigenvalue weighted by Crippen LogP contribution is -1.94. The van der Waals surface area contributed by atoms with Gasteiger partial charge in [-0.3, -0.25) is 0 Å². The SMILES string of the molecule is Cc1occc1Sc1cc(F)cc(F)c1N. The molecule has 0 atom stereocenters. The first-order chi connectivity index (χ1) is 7.58. The van der Waals surface area contributed by atoms with Crippen LogP contribution in [0.5, 0.6) is 0 Å². The van der Waals surface area contributed by atoms with Crippen LogP contribution in [0.15, 0.2) is 38.7 Å². The van der Waals surface area contributed by atoms with Gasteiger partial charge in [-0.1, -0.05) is 11.8 Å². The van der Waals surface area contributed by atoms with Crippen LogP contribution in [0.25, 0.3) is 0 Å². The minimum Gasteiger partial charge on any atom is -0.468 e. The van der Waals surface area contributed by atoms with E-state index in [0.29, 0.717) is 10.7 Å². The van der Waals surface area contributed by atoms with Crippen molar-refractivity contribution in [1.82, 2.24) is 0 Å². The molecule has 1 aromatic heterocycles. The highest BCUT2D eigenvalue weighted by Crippen LogP contribution is 2.35. The van der Waals surface area contributed by atoms with Crippen molar-refractivity contribution in [2.75, 3.05) is 5.73 Å². The van der Waals surface area contributed by atoms with Gasteiger partial charge >= 0.3 is 0 Å². The Morgan fingerprint density at radius 2 is 2.00 bits per heavy atom. The van der Waals surface area contributed by atoms with Crippen molar-refractivity contribution in [3.05, 3.63) is 41.9 Å². The van der Waals surface area contributed by atoms with Gasteiger partial charge in [0.1, 0.15) is 17.4 Å². The largest absolute Gasteiger partial charge is 0.468 e. The molecule has 1 aromatic carbocycles. The zero-order valence-corrected chi connectivity index (χ0v) is 9.28. The first-order valence-electron chi connectivity index (χ1n) is 4.54. The molecule has 0 radical (unpaired) electrons. The summed E-state index contributed by atoms with van der Waals surface area (Å²) in [4.78, 5) is 1.14. The summed E-state index contributed by atoms with van der Waals surface area (Å²) in [6.45, 7) is 1.77. The summed E-state index contributed by atoms with van der Waals surface area (Å²) >= 11 is 1.18. The number of nitrogen functional groups attached to an aromatic ring is 1. The van der Waals surface area contributed by atoms with Gasteiger partial charge in [-0.2, -0.15) is 0 Å². The molecule has 0 saturated carbocycles. The van der Waals surface area contributed by atoms with Crippen molar-refractivity contribution in [3.8, 4) is 0 Å². The maximum absolute atomic E-state index is 13.2. The van der Waals surface area contributed by atoms with E-state index in [-0.39, 0.29) is 5.69 Å². The Balaban J connectivity index is 2.38. The van der Waals surface area contributed by atoms with Gasteiger partial charge in [-0.15, -0.1) is 0 Å². The van der Waals surface area contributed by atoms with Crippen molar-refractivity contribution in [2.45, 2.75) is 16.7 Å². The summed E-state index contributed by atoms with van der Waals surface area (Å²) in [5, 5.41) is 0. The van der Waals surface area contributed by atoms with Gasteiger partial charge in [0.15, 0.2) is 0 Å². The van der Waals surface area contributed by atoms with Crippen LogP contribution < -0.4 is 5.73 Å². The maximum atomic E-state index is 13.2. The van der Waals surface area contributed by atoms with E-state index in [0.717, 1.165) is 11.0 Å². The van der Waals surface area contributed by atoms with Crippen molar-refractivity contribution >= 4 is 17.4 Å². The van der Waals surface area contributed by atoms with E-state index in [1.165, 1.54) is 24.1 Å². The van der Waals surface area contributed by atoms with E-state index in [9.17, 15) is 8.78 Å². The molecule has 0 bridgehead atoms. The average Bonchev–Trinajstić information content (AvgIpc) is 2.60. The fourth-order valence-electron chi connectivity index (χ4n) is 1.24. The molecule has 0 fully saturated rings. The predicted molar refractivity (Wildman–Crippen MR) is 58.3 cm³/mol. The molecule has 1 heterocycles. The maximum Gasteiger partial charge on any atom is 0.150 e. The van der Waals surface area contributed by atoms with Gasteiger partial charge in [-0.25, -0.2) is 8.78 Å². The van der Waals surface area contributed by atoms with Crippen molar-refractivity contribution in [1.29, 1.82) is 0 Å². The molecule has 84 valence electrons. The summed E-state index contributed by atoms with van der Waals surface area (Å²) in [6.07, 6.45) is 1.52. The molecule has 0 amide bonds. The quantitative estimate of drug-likeness (QED) is 0.816. The number of rotatable bonds is 2. The van der Waals surface area contributed by atoms with Crippen molar-refractivity contribution in [2.24, 2.45) is 0 Å². The molecule has 2 aromatic rings. The van der Waals surface area contributed by atoms with Gasteiger partial charge in [0.25, 0.3) is 0 Å². The number of hydrogen-bond acceptors (Lipinski definition) is 3. The van der Waals surface area contributed by atoms with Crippen LogP contribution in [0, 0.1) is 18.6 Å². The number of benzene rings is 1. The van der Waals surface area contributed by atoms with Crippen LogP contribution in [0.1, 0.15) is 5.76 Å². The minimum atomic E-state index is -0.747. The first-order valence-corrected chi connectivity index (χ1v) is 5.36. The summed E-state index contributed by atoms with van der Waals surface area (Å²) in [7, 11) is 0. The summed E-state index contributed by atoms with van der Waals surface area (Å²) in [6, 6.07) is 3.69. The van der Waals surface area contributed by atoms with Crippen LogP contribution in [0.4, 0.5) is 14.5 Å². The second-order valence-electron chi connectivity index (χ2n) is 3.24. The molecule has 0 spiro atoms. The smallest absolute Gasteiger partial charge is 0.150 e. The highest BCUT2D eigenvalue weighted by Gasteiger charge is 2.11. The zero-order valence-electron chi connectivity index (χ0n) is 8.46. The fraction of sp³-hybridized carbons (Fsp3) is 0.0909. The van der Waals surface area contributed by atoms with E-state index in [1.807, 2.05) is 0 Å². The molecule has 5 heteroatoms. The molecule has 2 N–H and O–H groups in total. The Labute approximate surface area is 95.4 Å². The number of anilines is 1. The van der Waals surface area contributed by atoms with Gasteiger partial charge in [0, 0.05) is 11.0 Å². The third-order valence-electron chi connectivity index (χ3n) is 2.09. The van der Waals surface area contributed by atoms with E-state index in [4.69, 9.17) is 10.2 Å². The van der Waals surface area contributed by atoms with Crippen LogP contribution in [-0.2, 0) is 0 Å². The lowest BCUT2D eigenvalue weighted by atomic mass is 10.3. The second-order valence-corrected chi connectivity index (χ2v) is 4.33. The molecule has 0 aliphatic rings. The number of halogens is 2. The van der Waals surface area contributed by atoms with Crippen LogP contribution in [0.3, 0.4) is 0 Å². The fourth-order valence-corrected chi connectivity index (χ4v) is 2.17. The molecule has 16 heavy (non-hydrogen) atoms. The lowest BCUT2D eigenvalue weighted by Gasteiger charge is -2.05. The average molecular weight is 241 g/mol. The third kappa shape index (κ3) is 2.04. The Kier molecular flexibility index (Phi) is 2.87. The number of aryl methyl sites for hydroxylation is 1. The van der Waals surface area contributed by atoms with Gasteiger partial charge in [0.2, 0.25) is 0 Å². The molecule has 0 aliphatic carbocycles. The third-order valence-corrected chi connectivity index (χ3v) is 3.29. The Hall–Kier alpha value is -1.49. The summed E-state index contributed by atoms with van der Waals surface area (Å²) in [5.41, 5.74) is 5.48.